The van der Waals surface area contributed by atoms with Gasteiger partial charge in [0.2, 0.25) is 0 Å². The molecule has 0 aliphatic carbocycles. The van der Waals surface area contributed by atoms with Gasteiger partial charge in [-0.05, 0) is 42.5 Å². The Morgan fingerprint density at radius 3 is 2.73 bits per heavy atom. The summed E-state index contributed by atoms with van der Waals surface area (Å²) in [4.78, 5) is 14.4. The van der Waals surface area contributed by atoms with Crippen molar-refractivity contribution in [3.63, 3.8) is 0 Å². The van der Waals surface area contributed by atoms with E-state index in [-0.39, 0.29) is 5.56 Å². The van der Waals surface area contributed by atoms with Gasteiger partial charge in [-0.3, -0.25) is 4.79 Å². The van der Waals surface area contributed by atoms with E-state index in [4.69, 9.17) is 0 Å². The van der Waals surface area contributed by atoms with Crippen molar-refractivity contribution in [1.29, 1.82) is 0 Å². The van der Waals surface area contributed by atoms with Gasteiger partial charge in [-0.15, -0.1) is 0 Å². The largest absolute Gasteiger partial charge is 0.388 e. The fourth-order valence-corrected chi connectivity index (χ4v) is 1.98. The minimum atomic E-state index is -0.0178. The molecule has 0 saturated carbocycles. The van der Waals surface area contributed by atoms with Crippen LogP contribution in [0.25, 0.3) is 10.8 Å². The Labute approximate surface area is 88.1 Å². The van der Waals surface area contributed by atoms with Crippen LogP contribution in [0.1, 0.15) is 11.1 Å². The van der Waals surface area contributed by atoms with E-state index in [1.165, 1.54) is 0 Å². The van der Waals surface area contributed by atoms with Crippen molar-refractivity contribution in [3.05, 3.63) is 39.8 Å². The van der Waals surface area contributed by atoms with Crippen molar-refractivity contribution in [3.8, 4) is 0 Å². The number of H-pyrrole nitrogens is 1. The van der Waals surface area contributed by atoms with Gasteiger partial charge in [-0.2, -0.15) is 0 Å². The molecule has 2 aromatic rings. The second-order valence-corrected chi connectivity index (χ2v) is 3.71. The molecule has 0 atom stereocenters. The molecule has 15 heavy (non-hydrogen) atoms. The molecule has 0 aliphatic heterocycles. The molecule has 3 nitrogen and oxygen atoms in total. The first-order valence-electron chi connectivity index (χ1n) is 4.94. The first-order valence-corrected chi connectivity index (χ1v) is 4.94. The van der Waals surface area contributed by atoms with Crippen LogP contribution in [0.5, 0.6) is 0 Å². The van der Waals surface area contributed by atoms with Crippen molar-refractivity contribution in [1.82, 2.24) is 4.98 Å². The zero-order valence-electron chi connectivity index (χ0n) is 9.14. The number of rotatable bonds is 1. The zero-order valence-corrected chi connectivity index (χ0v) is 9.14. The second-order valence-electron chi connectivity index (χ2n) is 3.71. The van der Waals surface area contributed by atoms with E-state index >= 15 is 0 Å². The molecule has 2 N–H and O–H groups in total. The minimum absolute atomic E-state index is 0.0178. The average molecular weight is 202 g/mol. The first-order chi connectivity index (χ1) is 7.15. The third-order valence-electron chi connectivity index (χ3n) is 2.79. The summed E-state index contributed by atoms with van der Waals surface area (Å²) in [5, 5.41) is 4.94. The number of aryl methyl sites for hydroxylation is 2. The van der Waals surface area contributed by atoms with Crippen LogP contribution in [0.2, 0.25) is 0 Å². The number of aromatic nitrogens is 1. The molecular weight excluding hydrogens is 188 g/mol. The highest BCUT2D eigenvalue weighted by Crippen LogP contribution is 2.25. The molecule has 1 aromatic carbocycles. The number of pyridine rings is 1. The van der Waals surface area contributed by atoms with Crippen LogP contribution in [0.3, 0.4) is 0 Å². The molecule has 1 aromatic heterocycles. The Balaban J connectivity index is 3.00. The van der Waals surface area contributed by atoms with Crippen molar-refractivity contribution in [2.24, 2.45) is 0 Å². The maximum Gasteiger partial charge on any atom is 0.256 e. The smallest absolute Gasteiger partial charge is 0.256 e. The third kappa shape index (κ3) is 1.40. The highest BCUT2D eigenvalue weighted by molar-refractivity contribution is 5.91. The lowest BCUT2D eigenvalue weighted by atomic mass is 10.0. The van der Waals surface area contributed by atoms with Gasteiger partial charge in [0.25, 0.3) is 5.56 Å². The van der Waals surface area contributed by atoms with Crippen molar-refractivity contribution < 1.29 is 0 Å². The molecule has 0 unspecified atom stereocenters. The van der Waals surface area contributed by atoms with Crippen LogP contribution in [0, 0.1) is 13.8 Å². The molecule has 0 aliphatic rings. The molecule has 0 fully saturated rings. The zero-order chi connectivity index (χ0) is 11.0. The van der Waals surface area contributed by atoms with Crippen LogP contribution in [-0.4, -0.2) is 12.0 Å². The van der Waals surface area contributed by atoms with E-state index in [2.05, 4.69) is 10.3 Å². The lowest BCUT2D eigenvalue weighted by molar-refractivity contribution is 1.26. The summed E-state index contributed by atoms with van der Waals surface area (Å²) in [6, 6.07) is 3.95. The summed E-state index contributed by atoms with van der Waals surface area (Å²) in [5.41, 5.74) is 3.17. The molecule has 0 spiro atoms. The predicted octanol–water partition coefficient (Wildman–Crippen LogP) is 2.19. The van der Waals surface area contributed by atoms with Crippen molar-refractivity contribution in [2.75, 3.05) is 12.4 Å². The van der Waals surface area contributed by atoms with E-state index in [9.17, 15) is 4.79 Å². The fraction of sp³-hybridized carbons (Fsp3) is 0.250. The number of nitrogens with one attached hydrogen (secondary N) is 2. The van der Waals surface area contributed by atoms with Gasteiger partial charge < -0.3 is 10.3 Å². The van der Waals surface area contributed by atoms with E-state index in [1.54, 1.807) is 6.20 Å². The number of hydrogen-bond acceptors (Lipinski definition) is 2. The highest BCUT2D eigenvalue weighted by Gasteiger charge is 2.07. The fourth-order valence-electron chi connectivity index (χ4n) is 1.98. The minimum Gasteiger partial charge on any atom is -0.388 e. The topological polar surface area (TPSA) is 44.9 Å². The van der Waals surface area contributed by atoms with Crippen LogP contribution in [-0.2, 0) is 0 Å². The van der Waals surface area contributed by atoms with Crippen LogP contribution < -0.4 is 10.9 Å². The summed E-state index contributed by atoms with van der Waals surface area (Å²) in [5.74, 6) is 0. The lowest BCUT2D eigenvalue weighted by Gasteiger charge is -2.10. The average Bonchev–Trinajstić information content (AvgIpc) is 2.23. The summed E-state index contributed by atoms with van der Waals surface area (Å²) in [6.07, 6.45) is 1.69. The van der Waals surface area contributed by atoms with Crippen LogP contribution in [0.4, 0.5) is 5.69 Å². The maximum absolute atomic E-state index is 11.7. The summed E-state index contributed by atoms with van der Waals surface area (Å²) < 4.78 is 0. The number of fused-ring (bicyclic) bond motifs is 1. The summed E-state index contributed by atoms with van der Waals surface area (Å²) in [7, 11) is 1.89. The molecule has 3 heteroatoms. The predicted molar refractivity (Wildman–Crippen MR) is 63.6 cm³/mol. The van der Waals surface area contributed by atoms with Gasteiger partial charge in [0.05, 0.1) is 5.39 Å². The monoisotopic (exact) mass is 202 g/mol. The van der Waals surface area contributed by atoms with Crippen molar-refractivity contribution in [2.45, 2.75) is 13.8 Å². The van der Waals surface area contributed by atoms with Crippen LogP contribution >= 0.6 is 0 Å². The maximum atomic E-state index is 11.7. The van der Waals surface area contributed by atoms with Gasteiger partial charge >= 0.3 is 0 Å². The van der Waals surface area contributed by atoms with Gasteiger partial charge in [0, 0.05) is 18.9 Å². The number of aromatic amines is 1. The molecule has 78 valence electrons. The molecule has 0 radical (unpaired) electrons. The molecule has 0 amide bonds. The van der Waals surface area contributed by atoms with Gasteiger partial charge in [-0.25, -0.2) is 0 Å². The molecular formula is C12H14N2O. The van der Waals surface area contributed by atoms with E-state index in [1.807, 2.05) is 33.0 Å². The SMILES string of the molecule is CNc1cc(C)c2c(=O)[nH]ccc2c1C. The number of benzene rings is 1. The first kappa shape index (κ1) is 9.77. The lowest BCUT2D eigenvalue weighted by Crippen LogP contribution is -2.07. The normalized spacial score (nSPS) is 10.6. The molecule has 0 saturated heterocycles. The summed E-state index contributed by atoms with van der Waals surface area (Å²) in [6.45, 7) is 3.98. The van der Waals surface area contributed by atoms with Gasteiger partial charge in [0.15, 0.2) is 0 Å². The Hall–Kier alpha value is -1.77. The van der Waals surface area contributed by atoms with Gasteiger partial charge in [-0.1, -0.05) is 0 Å². The number of hydrogen-bond donors (Lipinski definition) is 2. The highest BCUT2D eigenvalue weighted by atomic mass is 16.1. The van der Waals surface area contributed by atoms with Crippen molar-refractivity contribution >= 4 is 16.5 Å². The van der Waals surface area contributed by atoms with E-state index in [0.29, 0.717) is 0 Å². The Kier molecular flexibility index (Phi) is 2.23. The quantitative estimate of drug-likeness (QED) is 0.744. The Morgan fingerprint density at radius 2 is 2.07 bits per heavy atom. The molecule has 0 bridgehead atoms. The Bertz CT molecular complexity index is 570. The third-order valence-corrected chi connectivity index (χ3v) is 2.79. The van der Waals surface area contributed by atoms with Gasteiger partial charge in [0.1, 0.15) is 0 Å². The molecule has 1 heterocycles. The van der Waals surface area contributed by atoms with E-state index < -0.39 is 0 Å². The number of anilines is 1. The standard InChI is InChI=1S/C12H14N2O/c1-7-6-10(13-3)8(2)9-4-5-14-12(15)11(7)9/h4-6,13H,1-3H3,(H,14,15). The van der Waals surface area contributed by atoms with E-state index in [0.717, 1.165) is 27.6 Å². The molecule has 2 rings (SSSR count). The second kappa shape index (κ2) is 3.42. The summed E-state index contributed by atoms with van der Waals surface area (Å²) >= 11 is 0. The van der Waals surface area contributed by atoms with Crippen LogP contribution in [0.15, 0.2) is 23.1 Å². The Morgan fingerprint density at radius 1 is 1.33 bits per heavy atom.